The average molecular weight is 435 g/mol. The molecule has 1 saturated heterocycles. The molecule has 7 nitrogen and oxygen atoms in total. The van der Waals surface area contributed by atoms with Crippen LogP contribution >= 0.6 is 12.2 Å². The molecule has 0 unspecified atom stereocenters. The van der Waals surface area contributed by atoms with E-state index >= 15 is 0 Å². The molecule has 1 aliphatic rings. The number of benzene rings is 2. The van der Waals surface area contributed by atoms with Crippen molar-refractivity contribution in [1.29, 1.82) is 0 Å². The maximum absolute atomic E-state index is 14.3. The van der Waals surface area contributed by atoms with E-state index in [0.717, 1.165) is 4.90 Å². The molecule has 0 atom stereocenters. The molecule has 2 N–H and O–H groups in total. The topological polar surface area (TPSA) is 91.6 Å². The highest BCUT2D eigenvalue weighted by molar-refractivity contribution is 7.80. The smallest absolute Gasteiger partial charge is 0.335 e. The fraction of sp³-hybridized carbons (Fsp3) is 0. The van der Waals surface area contributed by atoms with Gasteiger partial charge in [-0.3, -0.25) is 14.9 Å². The Labute approximate surface area is 181 Å². The normalized spacial score (nSPS) is 15.3. The Morgan fingerprint density at radius 3 is 2.42 bits per heavy atom. The van der Waals surface area contributed by atoms with Gasteiger partial charge < -0.3 is 9.67 Å². The Morgan fingerprint density at radius 2 is 1.74 bits per heavy atom. The summed E-state index contributed by atoms with van der Waals surface area (Å²) < 4.78 is 15.9. The van der Waals surface area contributed by atoms with Crippen molar-refractivity contribution >= 4 is 46.9 Å². The number of aromatic nitrogens is 1. The highest BCUT2D eigenvalue weighted by Crippen LogP contribution is 2.25. The summed E-state index contributed by atoms with van der Waals surface area (Å²) in [6, 6.07) is 15.1. The largest absolute Gasteiger partial charge is 0.478 e. The number of hydrogen-bond donors (Lipinski definition) is 2. The Kier molecular flexibility index (Phi) is 5.18. The summed E-state index contributed by atoms with van der Waals surface area (Å²) in [5, 5.41) is 11.3. The van der Waals surface area contributed by atoms with Gasteiger partial charge >= 0.3 is 5.97 Å². The number of para-hydroxylation sites is 1. The van der Waals surface area contributed by atoms with Gasteiger partial charge in [0.15, 0.2) is 5.11 Å². The van der Waals surface area contributed by atoms with E-state index in [9.17, 15) is 18.8 Å². The summed E-state index contributed by atoms with van der Waals surface area (Å²) in [5.74, 6) is -3.16. The molecule has 4 rings (SSSR count). The molecule has 2 heterocycles. The summed E-state index contributed by atoms with van der Waals surface area (Å²) in [6.07, 6.45) is 3.07. The van der Waals surface area contributed by atoms with Crippen molar-refractivity contribution in [3.05, 3.63) is 89.5 Å². The molecule has 0 aliphatic carbocycles. The number of halogens is 1. The lowest BCUT2D eigenvalue weighted by molar-refractivity contribution is -0.122. The first kappa shape index (κ1) is 20.2. The predicted octanol–water partition coefficient (Wildman–Crippen LogP) is 3.15. The molecule has 1 aliphatic heterocycles. The lowest BCUT2D eigenvalue weighted by Crippen LogP contribution is -2.54. The molecule has 9 heteroatoms. The van der Waals surface area contributed by atoms with Crippen LogP contribution in [0.25, 0.3) is 11.8 Å². The summed E-state index contributed by atoms with van der Waals surface area (Å²) in [6.45, 7) is 0. The second-order valence-corrected chi connectivity index (χ2v) is 6.95. The van der Waals surface area contributed by atoms with E-state index in [4.69, 9.17) is 17.3 Å². The standard InChI is InChI=1S/C22H14FN3O4S/c23-17-5-1-2-6-18(17)26-20(28)16(19(27)24-22(26)31)12-15-4-3-11-25(15)14-9-7-13(8-10-14)21(29)30/h1-12H,(H,29,30)(H,24,27,31). The van der Waals surface area contributed by atoms with Crippen molar-refractivity contribution in [1.82, 2.24) is 9.88 Å². The van der Waals surface area contributed by atoms with E-state index < -0.39 is 23.6 Å². The van der Waals surface area contributed by atoms with Crippen molar-refractivity contribution in [3.63, 3.8) is 0 Å². The van der Waals surface area contributed by atoms with Gasteiger partial charge in [0, 0.05) is 17.6 Å². The first-order valence-corrected chi connectivity index (χ1v) is 9.44. The van der Waals surface area contributed by atoms with E-state index in [1.165, 1.54) is 36.4 Å². The molecule has 0 radical (unpaired) electrons. The molecule has 31 heavy (non-hydrogen) atoms. The van der Waals surface area contributed by atoms with E-state index in [1.807, 2.05) is 0 Å². The zero-order valence-corrected chi connectivity index (χ0v) is 16.6. The number of thiocarbonyl (C=S) groups is 1. The molecule has 2 aromatic carbocycles. The number of nitrogens with one attached hydrogen (secondary N) is 1. The fourth-order valence-electron chi connectivity index (χ4n) is 3.17. The van der Waals surface area contributed by atoms with Gasteiger partial charge in [-0.25, -0.2) is 14.1 Å². The van der Waals surface area contributed by atoms with Crippen LogP contribution in [0.5, 0.6) is 0 Å². The number of carbonyl (C=O) groups is 3. The van der Waals surface area contributed by atoms with Crippen molar-refractivity contribution in [2.75, 3.05) is 4.90 Å². The number of hydrogen-bond acceptors (Lipinski definition) is 4. The van der Waals surface area contributed by atoms with E-state index in [2.05, 4.69) is 5.32 Å². The molecule has 0 bridgehead atoms. The minimum absolute atomic E-state index is 0.0666. The van der Waals surface area contributed by atoms with Crippen LogP contribution in [0, 0.1) is 5.82 Å². The van der Waals surface area contributed by atoms with E-state index in [1.54, 1.807) is 41.1 Å². The SMILES string of the molecule is O=C1NC(=S)N(c2ccccc2F)C(=O)C1=Cc1cccn1-c1ccc(C(=O)O)cc1. The second kappa shape index (κ2) is 7.96. The first-order valence-electron chi connectivity index (χ1n) is 9.04. The molecule has 0 saturated carbocycles. The van der Waals surface area contributed by atoms with Crippen molar-refractivity contribution in [2.45, 2.75) is 0 Å². The van der Waals surface area contributed by atoms with Crippen molar-refractivity contribution in [2.24, 2.45) is 0 Å². The molecular weight excluding hydrogens is 421 g/mol. The number of carboxylic acid groups (broad SMARTS) is 1. The second-order valence-electron chi connectivity index (χ2n) is 6.56. The molecule has 1 fully saturated rings. The lowest BCUT2D eigenvalue weighted by atomic mass is 10.1. The highest BCUT2D eigenvalue weighted by atomic mass is 32.1. The van der Waals surface area contributed by atoms with Crippen LogP contribution in [0.2, 0.25) is 0 Å². The summed E-state index contributed by atoms with van der Waals surface area (Å²) in [5.41, 5.74) is 0.962. The van der Waals surface area contributed by atoms with Gasteiger partial charge in [0.1, 0.15) is 11.4 Å². The number of carboxylic acids is 1. The maximum Gasteiger partial charge on any atom is 0.335 e. The number of anilines is 1. The third-order valence-corrected chi connectivity index (χ3v) is 4.94. The molecule has 1 aromatic heterocycles. The number of amides is 2. The maximum atomic E-state index is 14.3. The van der Waals surface area contributed by atoms with Crippen LogP contribution in [0.1, 0.15) is 16.1 Å². The number of rotatable bonds is 4. The van der Waals surface area contributed by atoms with Gasteiger partial charge in [0.2, 0.25) is 0 Å². The van der Waals surface area contributed by atoms with Crippen LogP contribution in [0.3, 0.4) is 0 Å². The predicted molar refractivity (Wildman–Crippen MR) is 115 cm³/mol. The highest BCUT2D eigenvalue weighted by Gasteiger charge is 2.35. The average Bonchev–Trinajstić information content (AvgIpc) is 3.20. The van der Waals surface area contributed by atoms with Crippen LogP contribution in [-0.4, -0.2) is 32.6 Å². The number of carbonyl (C=O) groups excluding carboxylic acids is 2. The third-order valence-electron chi connectivity index (χ3n) is 4.66. The molecule has 2 amide bonds. The Hall–Kier alpha value is -4.11. The van der Waals surface area contributed by atoms with Gasteiger partial charge in [-0.1, -0.05) is 12.1 Å². The zero-order chi connectivity index (χ0) is 22.1. The quantitative estimate of drug-likeness (QED) is 0.373. The van der Waals surface area contributed by atoms with Crippen LogP contribution in [-0.2, 0) is 9.59 Å². The van der Waals surface area contributed by atoms with Gasteiger partial charge in [-0.15, -0.1) is 0 Å². The zero-order valence-electron chi connectivity index (χ0n) is 15.8. The van der Waals surface area contributed by atoms with Gasteiger partial charge in [0.25, 0.3) is 11.8 Å². The van der Waals surface area contributed by atoms with Gasteiger partial charge in [-0.05, 0) is 66.8 Å². The molecule has 3 aromatic rings. The summed E-state index contributed by atoms with van der Waals surface area (Å²) in [7, 11) is 0. The van der Waals surface area contributed by atoms with Gasteiger partial charge in [0.05, 0.1) is 11.3 Å². The summed E-state index contributed by atoms with van der Waals surface area (Å²) >= 11 is 5.09. The Balaban J connectivity index is 1.73. The Morgan fingerprint density at radius 1 is 1.03 bits per heavy atom. The van der Waals surface area contributed by atoms with Crippen LogP contribution in [0.4, 0.5) is 10.1 Å². The minimum atomic E-state index is -1.05. The van der Waals surface area contributed by atoms with Gasteiger partial charge in [-0.2, -0.15) is 0 Å². The summed E-state index contributed by atoms with van der Waals surface area (Å²) in [4.78, 5) is 37.5. The van der Waals surface area contributed by atoms with Crippen LogP contribution in [0.15, 0.2) is 72.4 Å². The molecule has 0 spiro atoms. The van der Waals surface area contributed by atoms with E-state index in [0.29, 0.717) is 11.4 Å². The van der Waals surface area contributed by atoms with Crippen LogP contribution < -0.4 is 10.2 Å². The Bertz CT molecular complexity index is 1260. The van der Waals surface area contributed by atoms with E-state index in [-0.39, 0.29) is 21.9 Å². The fourth-order valence-corrected chi connectivity index (χ4v) is 3.44. The third kappa shape index (κ3) is 3.74. The number of nitrogens with zero attached hydrogens (tertiary/aromatic N) is 2. The van der Waals surface area contributed by atoms with Crippen molar-refractivity contribution < 1.29 is 23.9 Å². The molecule has 154 valence electrons. The van der Waals surface area contributed by atoms with Crippen molar-refractivity contribution in [3.8, 4) is 5.69 Å². The minimum Gasteiger partial charge on any atom is -0.478 e. The monoisotopic (exact) mass is 435 g/mol. The first-order chi connectivity index (χ1) is 14.9. The lowest BCUT2D eigenvalue weighted by Gasteiger charge is -2.29. The molecular formula is C22H14FN3O4S. The number of aromatic carboxylic acids is 1.